The van der Waals surface area contributed by atoms with Crippen molar-refractivity contribution in [1.82, 2.24) is 0 Å². The molecule has 1 unspecified atom stereocenters. The van der Waals surface area contributed by atoms with Gasteiger partial charge in [-0.05, 0) is 43.4 Å². The number of ether oxygens (including phenoxy) is 6. The molecule has 2 aliphatic heterocycles. The molecule has 17 nitrogen and oxygen atoms in total. The number of hydrogen-bond donors (Lipinski definition) is 9. The number of aliphatic hydroxyl groups excluding tert-OH is 4. The molecule has 2 heterocycles. The fourth-order valence-corrected chi connectivity index (χ4v) is 6.96. The highest BCUT2D eigenvalue weighted by Gasteiger charge is 2.50. The third-order valence-corrected chi connectivity index (χ3v) is 10.3. The summed E-state index contributed by atoms with van der Waals surface area (Å²) in [6, 6.07) is 9.93. The van der Waals surface area contributed by atoms with Gasteiger partial charge in [-0.3, -0.25) is 9.59 Å². The van der Waals surface area contributed by atoms with Crippen LogP contribution in [-0.2, 0) is 38.0 Å². The number of hydrogen-bond acceptors (Lipinski definition) is 17. The maximum absolute atomic E-state index is 14.8. The molecule has 18 heteroatoms. The SMILES string of the molecule is CC(C(=O)OCCCC(=O)OC[C@H]1O[C@H](O[C@@H]2[C@@H](O)[C@H](O[C@H]3O[C@H](CN)[C@@H](O)C[C@H]3N)[C@@H](N)C[C@H]2N)[C@H](O)[C@@H](N)[C@@H]1O)c1ccc(-c2ccccc2)c(F)c1. The molecule has 55 heavy (non-hydrogen) atoms. The summed E-state index contributed by atoms with van der Waals surface area (Å²) in [7, 11) is 0. The van der Waals surface area contributed by atoms with E-state index in [0.29, 0.717) is 16.7 Å². The van der Waals surface area contributed by atoms with Crippen LogP contribution in [0.15, 0.2) is 48.5 Å². The minimum Gasteiger partial charge on any atom is -0.465 e. The van der Waals surface area contributed by atoms with Crippen LogP contribution in [0.25, 0.3) is 11.1 Å². The largest absolute Gasteiger partial charge is 0.465 e. The third-order valence-electron chi connectivity index (χ3n) is 10.3. The number of carbonyl (C=O) groups is 2. The Hall–Kier alpha value is -3.21. The van der Waals surface area contributed by atoms with E-state index in [9.17, 15) is 34.4 Å². The normalized spacial score (nSPS) is 35.8. The maximum atomic E-state index is 14.8. The number of nitrogens with two attached hydrogens (primary N) is 5. The van der Waals surface area contributed by atoms with Gasteiger partial charge >= 0.3 is 11.9 Å². The molecule has 0 radical (unpaired) electrons. The van der Waals surface area contributed by atoms with Crippen molar-refractivity contribution in [2.75, 3.05) is 19.8 Å². The fourth-order valence-electron chi connectivity index (χ4n) is 6.96. The average molecular weight is 780 g/mol. The van der Waals surface area contributed by atoms with Crippen molar-refractivity contribution in [1.29, 1.82) is 0 Å². The van der Waals surface area contributed by atoms with Gasteiger partial charge in [-0.2, -0.15) is 0 Å². The van der Waals surface area contributed by atoms with E-state index in [2.05, 4.69) is 0 Å². The van der Waals surface area contributed by atoms with Crippen molar-refractivity contribution in [2.45, 2.75) is 124 Å². The van der Waals surface area contributed by atoms with Gasteiger partial charge in [0.15, 0.2) is 12.6 Å². The molecule has 2 aromatic carbocycles. The second-order valence-electron chi connectivity index (χ2n) is 14.4. The third kappa shape index (κ3) is 10.4. The lowest BCUT2D eigenvalue weighted by atomic mass is 9.84. The Morgan fingerprint density at radius 1 is 0.836 bits per heavy atom. The number of aliphatic hydroxyl groups is 4. The van der Waals surface area contributed by atoms with E-state index in [-0.39, 0.29) is 38.8 Å². The molecule has 3 fully saturated rings. The minimum absolute atomic E-state index is 0.00813. The topological polar surface area (TPSA) is 301 Å². The molecule has 0 aromatic heterocycles. The van der Waals surface area contributed by atoms with Crippen LogP contribution in [0.2, 0.25) is 0 Å². The van der Waals surface area contributed by atoms with E-state index in [1.54, 1.807) is 43.3 Å². The lowest BCUT2D eigenvalue weighted by Crippen LogP contribution is -2.68. The lowest BCUT2D eigenvalue weighted by Gasteiger charge is -2.47. The Balaban J connectivity index is 1.08. The predicted molar refractivity (Wildman–Crippen MR) is 193 cm³/mol. The Kier molecular flexibility index (Phi) is 15.1. The lowest BCUT2D eigenvalue weighted by molar-refractivity contribution is -0.315. The summed E-state index contributed by atoms with van der Waals surface area (Å²) in [5.74, 6) is -2.51. The molecule has 1 saturated carbocycles. The van der Waals surface area contributed by atoms with Crippen molar-refractivity contribution in [2.24, 2.45) is 28.7 Å². The highest BCUT2D eigenvalue weighted by atomic mass is 19.1. The molecule has 2 aromatic rings. The molecular formula is C37H54FN5O12. The van der Waals surface area contributed by atoms with Gasteiger partial charge in [0.25, 0.3) is 0 Å². The summed E-state index contributed by atoms with van der Waals surface area (Å²) in [6.45, 7) is 1.03. The van der Waals surface area contributed by atoms with Gasteiger partial charge in [-0.15, -0.1) is 0 Å². The van der Waals surface area contributed by atoms with Crippen LogP contribution in [0.4, 0.5) is 4.39 Å². The van der Waals surface area contributed by atoms with Crippen LogP contribution in [0.5, 0.6) is 0 Å². The second-order valence-corrected chi connectivity index (χ2v) is 14.4. The van der Waals surface area contributed by atoms with Gasteiger partial charge in [-0.1, -0.05) is 42.5 Å². The van der Waals surface area contributed by atoms with Crippen molar-refractivity contribution >= 4 is 11.9 Å². The molecular weight excluding hydrogens is 725 g/mol. The summed E-state index contributed by atoms with van der Waals surface area (Å²) in [4.78, 5) is 25.2. The molecule has 1 aliphatic carbocycles. The van der Waals surface area contributed by atoms with Crippen molar-refractivity contribution in [3.63, 3.8) is 0 Å². The zero-order chi connectivity index (χ0) is 40.0. The Morgan fingerprint density at radius 3 is 2.15 bits per heavy atom. The summed E-state index contributed by atoms with van der Waals surface area (Å²) in [6.07, 6.45) is -12.0. The molecule has 5 rings (SSSR count). The number of benzene rings is 2. The smallest absolute Gasteiger partial charge is 0.313 e. The molecule has 14 N–H and O–H groups in total. The summed E-state index contributed by atoms with van der Waals surface area (Å²) in [5.41, 5.74) is 32.0. The van der Waals surface area contributed by atoms with Gasteiger partial charge in [0.1, 0.15) is 49.0 Å². The van der Waals surface area contributed by atoms with Crippen molar-refractivity contribution in [3.05, 3.63) is 59.9 Å². The highest BCUT2D eigenvalue weighted by molar-refractivity contribution is 5.78. The van der Waals surface area contributed by atoms with Gasteiger partial charge in [0.2, 0.25) is 0 Å². The molecule has 0 bridgehead atoms. The summed E-state index contributed by atoms with van der Waals surface area (Å²) < 4.78 is 48.8. The van der Waals surface area contributed by atoms with Crippen LogP contribution in [0, 0.1) is 5.82 Å². The first kappa shape index (κ1) is 42.9. The zero-order valence-electron chi connectivity index (χ0n) is 30.5. The Bertz CT molecular complexity index is 1570. The molecule has 2 saturated heterocycles. The Morgan fingerprint density at radius 2 is 1.49 bits per heavy atom. The van der Waals surface area contributed by atoms with Crippen molar-refractivity contribution in [3.8, 4) is 11.1 Å². The molecule has 15 atom stereocenters. The van der Waals surface area contributed by atoms with Gasteiger partial charge in [0.05, 0.1) is 36.8 Å². The monoisotopic (exact) mass is 779 g/mol. The minimum atomic E-state index is -1.58. The first-order valence-electron chi connectivity index (χ1n) is 18.4. The summed E-state index contributed by atoms with van der Waals surface area (Å²) in [5, 5.41) is 43.0. The maximum Gasteiger partial charge on any atom is 0.313 e. The van der Waals surface area contributed by atoms with Crippen LogP contribution >= 0.6 is 0 Å². The zero-order valence-corrected chi connectivity index (χ0v) is 30.5. The molecule has 0 spiro atoms. The van der Waals surface area contributed by atoms with E-state index in [0.717, 1.165) is 0 Å². The van der Waals surface area contributed by atoms with Crippen LogP contribution in [0.3, 0.4) is 0 Å². The molecule has 3 aliphatic rings. The first-order chi connectivity index (χ1) is 26.2. The highest BCUT2D eigenvalue weighted by Crippen LogP contribution is 2.31. The predicted octanol–water partition coefficient (Wildman–Crippen LogP) is -1.81. The standard InChI is InChI=1S/C37H54FN5O12/c1-17(19-9-10-20(21(38)12-19)18-6-3-2-4-7-18)35(49)50-11-5-8-28(45)51-16-27-30(46)29(43)31(47)37(53-27)55-34-23(41)13-22(40)33(32(34)48)54-36-24(42)14-25(44)26(15-39)52-36/h2-4,6-7,9-10,12,17,22-27,29-34,36-37,44,46-48H,5,8,11,13-16,39-43H2,1H3/t17?,22-,23+,24+,25-,26+,27+,29-,30+,31+,32-,33+,34-,36+,37+/m0/s1. The fraction of sp³-hybridized carbons (Fsp3) is 0.622. The number of rotatable bonds is 14. The van der Waals surface area contributed by atoms with E-state index in [1.165, 1.54) is 6.07 Å². The van der Waals surface area contributed by atoms with E-state index in [4.69, 9.17) is 57.1 Å². The van der Waals surface area contributed by atoms with Gasteiger partial charge in [0, 0.05) is 30.6 Å². The van der Waals surface area contributed by atoms with Crippen LogP contribution in [0.1, 0.15) is 44.1 Å². The average Bonchev–Trinajstić information content (AvgIpc) is 3.16. The summed E-state index contributed by atoms with van der Waals surface area (Å²) >= 11 is 0. The van der Waals surface area contributed by atoms with Crippen molar-refractivity contribution < 1.29 is 62.8 Å². The first-order valence-corrected chi connectivity index (χ1v) is 18.4. The number of esters is 2. The Labute approximate surface area is 318 Å². The van der Waals surface area contributed by atoms with E-state index in [1.807, 2.05) is 6.07 Å². The molecule has 0 amide bonds. The van der Waals surface area contributed by atoms with Crippen LogP contribution in [-0.4, -0.2) is 138 Å². The van der Waals surface area contributed by atoms with E-state index < -0.39 is 116 Å². The van der Waals surface area contributed by atoms with E-state index >= 15 is 0 Å². The number of carbonyl (C=O) groups excluding carboxylic acids is 2. The number of halogens is 1. The van der Waals surface area contributed by atoms with Gasteiger partial charge in [-0.25, -0.2) is 4.39 Å². The molecule has 306 valence electrons. The quantitative estimate of drug-likeness (QED) is 0.0754. The van der Waals surface area contributed by atoms with Gasteiger partial charge < -0.3 is 77.5 Å². The second kappa shape index (κ2) is 19.3. The van der Waals surface area contributed by atoms with Crippen LogP contribution < -0.4 is 28.7 Å².